The van der Waals surface area contributed by atoms with Crippen LogP contribution in [0.15, 0.2) is 83.8 Å². The lowest BCUT2D eigenvalue weighted by Crippen LogP contribution is -2.30. The van der Waals surface area contributed by atoms with Crippen molar-refractivity contribution >= 4 is 5.69 Å². The Hall–Kier alpha value is -2.87. The standard InChI is InChI=1S/C25H27N2O/c1-4-27-23-13-9-8-12-21(23)25(19-10-6-5-7-11-19)22-18-20(14-15-24(22)27)28-17-16-26(2)3/h5-15,25H,4,16-17H2,1-3H3/q+1. The third-order valence-corrected chi connectivity index (χ3v) is 5.29. The third kappa shape index (κ3) is 3.47. The lowest BCUT2D eigenvalue weighted by Gasteiger charge is -2.33. The number of allylic oxidation sites excluding steroid dienone is 4. The van der Waals surface area contributed by atoms with Gasteiger partial charge < -0.3 is 9.64 Å². The van der Waals surface area contributed by atoms with Crippen molar-refractivity contribution in [3.05, 3.63) is 101 Å². The minimum atomic E-state index is 0.160. The van der Waals surface area contributed by atoms with Gasteiger partial charge in [0.05, 0.1) is 29.8 Å². The summed E-state index contributed by atoms with van der Waals surface area (Å²) < 4.78 is 6.01. The zero-order chi connectivity index (χ0) is 19.5. The molecule has 3 nitrogen and oxygen atoms in total. The van der Waals surface area contributed by atoms with E-state index in [1.54, 1.807) is 0 Å². The molecule has 1 unspecified atom stereocenters. The lowest BCUT2D eigenvalue weighted by molar-refractivity contribution is 0.191. The molecular weight excluding hydrogens is 344 g/mol. The van der Waals surface area contributed by atoms with Crippen molar-refractivity contribution in [2.75, 3.05) is 38.7 Å². The highest BCUT2D eigenvalue weighted by Gasteiger charge is 2.39. The second-order valence-electron chi connectivity index (χ2n) is 7.42. The zero-order valence-electron chi connectivity index (χ0n) is 16.9. The van der Waals surface area contributed by atoms with Gasteiger partial charge in [-0.3, -0.25) is 4.90 Å². The van der Waals surface area contributed by atoms with E-state index in [0.29, 0.717) is 6.61 Å². The Balaban J connectivity index is 1.79. The highest BCUT2D eigenvalue weighted by molar-refractivity contribution is 5.71. The van der Waals surface area contributed by atoms with E-state index in [2.05, 4.69) is 97.6 Å². The minimum absolute atomic E-state index is 0.160. The highest BCUT2D eigenvalue weighted by atomic mass is 16.5. The first-order chi connectivity index (χ1) is 13.7. The molecule has 0 fully saturated rings. The predicted molar refractivity (Wildman–Crippen MR) is 115 cm³/mol. The van der Waals surface area contributed by atoms with Gasteiger partial charge >= 0.3 is 0 Å². The second kappa shape index (κ2) is 8.02. The fourth-order valence-electron chi connectivity index (χ4n) is 3.96. The van der Waals surface area contributed by atoms with Crippen LogP contribution >= 0.6 is 0 Å². The van der Waals surface area contributed by atoms with Crippen LogP contribution in [0.4, 0.5) is 5.69 Å². The molecule has 0 spiro atoms. The van der Waals surface area contributed by atoms with E-state index in [9.17, 15) is 0 Å². The van der Waals surface area contributed by atoms with Crippen molar-refractivity contribution in [1.29, 1.82) is 0 Å². The predicted octanol–water partition coefficient (Wildman–Crippen LogP) is 4.75. The summed E-state index contributed by atoms with van der Waals surface area (Å²) >= 11 is 0. The third-order valence-electron chi connectivity index (χ3n) is 5.29. The van der Waals surface area contributed by atoms with E-state index in [0.717, 1.165) is 18.8 Å². The quantitative estimate of drug-likeness (QED) is 0.682. The number of para-hydroxylation sites is 1. The Morgan fingerprint density at radius 1 is 1.00 bits per heavy atom. The number of hydrogen-bond acceptors (Lipinski definition) is 3. The number of likely N-dealkylation sites (N-methyl/N-ethyl adjacent to an activating group) is 2. The zero-order valence-corrected chi connectivity index (χ0v) is 16.9. The van der Waals surface area contributed by atoms with Crippen LogP contribution in [0.1, 0.15) is 24.0 Å². The number of ether oxygens (including phenoxy) is 1. The molecule has 0 saturated carbocycles. The van der Waals surface area contributed by atoms with E-state index >= 15 is 0 Å². The molecule has 0 aromatic heterocycles. The van der Waals surface area contributed by atoms with Crippen LogP contribution in [0, 0.1) is 6.08 Å². The fraction of sp³-hybridized carbons (Fsp3) is 0.280. The molecule has 0 radical (unpaired) electrons. The van der Waals surface area contributed by atoms with Crippen LogP contribution < -0.4 is 4.90 Å². The summed E-state index contributed by atoms with van der Waals surface area (Å²) in [4.78, 5) is 4.50. The number of fused-ring (bicyclic) bond motifs is 1. The summed E-state index contributed by atoms with van der Waals surface area (Å²) in [6.45, 7) is 4.66. The molecule has 0 amide bonds. The molecule has 0 saturated heterocycles. The first-order valence-electron chi connectivity index (χ1n) is 9.94. The van der Waals surface area contributed by atoms with Crippen LogP contribution in [-0.4, -0.2) is 38.7 Å². The molecule has 0 N–H and O–H groups in total. The monoisotopic (exact) mass is 371 g/mol. The maximum Gasteiger partial charge on any atom is 0.289 e. The molecule has 2 aliphatic rings. The largest absolute Gasteiger partial charge is 0.464 e. The molecule has 1 aliphatic heterocycles. The summed E-state index contributed by atoms with van der Waals surface area (Å²) in [5.74, 6) is 0.976. The summed E-state index contributed by atoms with van der Waals surface area (Å²) in [6.07, 6.45) is 7.85. The average molecular weight is 372 g/mol. The molecule has 28 heavy (non-hydrogen) atoms. The molecule has 1 atom stereocenters. The normalized spacial score (nSPS) is 17.8. The number of hydrogen-bond donors (Lipinski definition) is 0. The summed E-state index contributed by atoms with van der Waals surface area (Å²) in [5, 5.41) is 0. The van der Waals surface area contributed by atoms with E-state index in [1.165, 1.54) is 28.1 Å². The first-order valence-corrected chi connectivity index (χ1v) is 9.94. The van der Waals surface area contributed by atoms with E-state index in [4.69, 9.17) is 4.74 Å². The second-order valence-corrected chi connectivity index (χ2v) is 7.42. The van der Waals surface area contributed by atoms with Crippen LogP contribution in [0.3, 0.4) is 0 Å². The molecule has 1 heterocycles. The lowest BCUT2D eigenvalue weighted by atomic mass is 9.78. The van der Waals surface area contributed by atoms with E-state index in [1.807, 2.05) is 6.08 Å². The van der Waals surface area contributed by atoms with Gasteiger partial charge in [0.25, 0.3) is 5.76 Å². The number of anilines is 1. The van der Waals surface area contributed by atoms with Gasteiger partial charge in [-0.15, -0.1) is 0 Å². The maximum absolute atomic E-state index is 6.01. The van der Waals surface area contributed by atoms with Gasteiger partial charge in [0.1, 0.15) is 6.61 Å². The Kier molecular flexibility index (Phi) is 5.29. The van der Waals surface area contributed by atoms with Crippen molar-refractivity contribution in [1.82, 2.24) is 4.90 Å². The molecule has 2 aromatic carbocycles. The summed E-state index contributed by atoms with van der Waals surface area (Å²) in [6, 6.07) is 19.4. The van der Waals surface area contributed by atoms with Crippen molar-refractivity contribution in [2.24, 2.45) is 0 Å². The van der Waals surface area contributed by atoms with Crippen LogP contribution in [0.25, 0.3) is 0 Å². The van der Waals surface area contributed by atoms with Gasteiger partial charge in [0.2, 0.25) is 0 Å². The molecule has 142 valence electrons. The van der Waals surface area contributed by atoms with Crippen molar-refractivity contribution in [3.8, 4) is 0 Å². The van der Waals surface area contributed by atoms with Crippen LogP contribution in [0.2, 0.25) is 0 Å². The molecule has 0 bridgehead atoms. The fourth-order valence-corrected chi connectivity index (χ4v) is 3.96. The number of benzene rings is 2. The topological polar surface area (TPSA) is 15.7 Å². The molecule has 3 heteroatoms. The van der Waals surface area contributed by atoms with E-state index < -0.39 is 0 Å². The van der Waals surface area contributed by atoms with Gasteiger partial charge in [-0.25, -0.2) is 0 Å². The first kappa shape index (κ1) is 18.5. The molecule has 4 rings (SSSR count). The van der Waals surface area contributed by atoms with Gasteiger partial charge in [-0.05, 0) is 38.2 Å². The SMILES string of the molecule is CCN1C2=C([C+]=C(OCCN(C)C)C=C2)C(c2ccccc2)c2ccccc21. The minimum Gasteiger partial charge on any atom is -0.464 e. The number of rotatable bonds is 6. The molecule has 1 aliphatic carbocycles. The van der Waals surface area contributed by atoms with Crippen molar-refractivity contribution < 1.29 is 4.74 Å². The van der Waals surface area contributed by atoms with Crippen LogP contribution in [0.5, 0.6) is 0 Å². The van der Waals surface area contributed by atoms with Crippen molar-refractivity contribution in [3.63, 3.8) is 0 Å². The van der Waals surface area contributed by atoms with Crippen molar-refractivity contribution in [2.45, 2.75) is 12.8 Å². The molecular formula is C25H27N2O+. The van der Waals surface area contributed by atoms with Gasteiger partial charge in [-0.2, -0.15) is 0 Å². The average Bonchev–Trinajstić information content (AvgIpc) is 2.72. The van der Waals surface area contributed by atoms with Gasteiger partial charge in [-0.1, -0.05) is 48.5 Å². The van der Waals surface area contributed by atoms with E-state index in [-0.39, 0.29) is 5.92 Å². The highest BCUT2D eigenvalue weighted by Crippen LogP contribution is 2.46. The Morgan fingerprint density at radius 2 is 1.75 bits per heavy atom. The van der Waals surface area contributed by atoms with Gasteiger partial charge in [0, 0.05) is 13.1 Å². The summed E-state index contributed by atoms with van der Waals surface area (Å²) in [5.41, 5.74) is 6.29. The van der Waals surface area contributed by atoms with Gasteiger partial charge in [0.15, 0.2) is 11.3 Å². The number of nitrogens with zero attached hydrogens (tertiary/aromatic N) is 2. The summed E-state index contributed by atoms with van der Waals surface area (Å²) in [7, 11) is 4.11. The maximum atomic E-state index is 6.01. The Labute approximate surface area is 168 Å². The Bertz CT molecular complexity index is 925. The van der Waals surface area contributed by atoms with Crippen LogP contribution in [-0.2, 0) is 4.74 Å². The molecule has 2 aromatic rings. The smallest absolute Gasteiger partial charge is 0.289 e. The Morgan fingerprint density at radius 3 is 2.50 bits per heavy atom.